The number of rotatable bonds is 9. The summed E-state index contributed by atoms with van der Waals surface area (Å²) in [5.41, 5.74) is -2.53. The van der Waals surface area contributed by atoms with Crippen LogP contribution in [0, 0.1) is 11.2 Å². The van der Waals surface area contributed by atoms with E-state index in [0.717, 1.165) is 19.1 Å². The molecule has 0 heterocycles. The topological polar surface area (TPSA) is 109 Å². The number of benzene rings is 1. The van der Waals surface area contributed by atoms with E-state index < -0.39 is 34.7 Å². The van der Waals surface area contributed by atoms with Gasteiger partial charge in [-0.3, -0.25) is 19.2 Å². The molecule has 0 amide bonds. The Balaban J connectivity index is 3.13. The van der Waals surface area contributed by atoms with Crippen molar-refractivity contribution in [3.8, 4) is 0 Å². The second kappa shape index (κ2) is 7.62. The van der Waals surface area contributed by atoms with Crippen LogP contribution in [-0.2, 0) is 14.4 Å². The highest BCUT2D eigenvalue weighted by atomic mass is 19.1. The molecule has 0 aliphatic heterocycles. The minimum Gasteiger partial charge on any atom is -0.481 e. The van der Waals surface area contributed by atoms with E-state index in [4.69, 9.17) is 5.11 Å². The minimum atomic E-state index is -2.33. The lowest BCUT2D eigenvalue weighted by Crippen LogP contribution is -2.45. The van der Waals surface area contributed by atoms with Gasteiger partial charge in [-0.05, 0) is 31.9 Å². The third-order valence-corrected chi connectivity index (χ3v) is 3.63. The summed E-state index contributed by atoms with van der Waals surface area (Å²) < 4.78 is 13.3. The van der Waals surface area contributed by atoms with E-state index in [1.54, 1.807) is 0 Å². The Bertz CT molecular complexity index is 623. The molecule has 1 aromatic rings. The number of carbonyl (C=O) groups is 4. The number of hydrogen-bond acceptors (Lipinski definition) is 4. The Morgan fingerprint density at radius 2 is 1.78 bits per heavy atom. The molecule has 0 spiro atoms. The average molecular weight is 324 g/mol. The summed E-state index contributed by atoms with van der Waals surface area (Å²) in [7, 11) is 0. The van der Waals surface area contributed by atoms with Crippen LogP contribution in [0.15, 0.2) is 24.3 Å². The molecule has 0 bridgehead atoms. The highest BCUT2D eigenvalue weighted by Crippen LogP contribution is 2.32. The first kappa shape index (κ1) is 18.5. The van der Waals surface area contributed by atoms with Gasteiger partial charge in [-0.1, -0.05) is 18.6 Å². The molecule has 0 saturated carbocycles. The Morgan fingerprint density at radius 1 is 1.13 bits per heavy atom. The predicted octanol–water partition coefficient (Wildman–Crippen LogP) is 2.31. The maximum absolute atomic E-state index is 13.3. The molecule has 1 unspecified atom stereocenters. The summed E-state index contributed by atoms with van der Waals surface area (Å²) in [5.74, 6) is -5.24. The maximum Gasteiger partial charge on any atom is 0.325 e. The lowest BCUT2D eigenvalue weighted by Gasteiger charge is -2.25. The number of ketones is 2. The fourth-order valence-electron chi connectivity index (χ4n) is 2.35. The van der Waals surface area contributed by atoms with Crippen molar-refractivity contribution >= 4 is 23.5 Å². The SMILES string of the molecule is CC(=O)C(CCCCC(=O)O)(C(=O)O)C(=O)c1cccc(F)c1. The van der Waals surface area contributed by atoms with E-state index in [1.165, 1.54) is 12.1 Å². The van der Waals surface area contributed by atoms with Crippen LogP contribution >= 0.6 is 0 Å². The number of carboxylic acids is 2. The van der Waals surface area contributed by atoms with Gasteiger partial charge in [-0.15, -0.1) is 0 Å². The second-order valence-corrected chi connectivity index (χ2v) is 5.21. The molecule has 1 aromatic carbocycles. The number of halogens is 1. The van der Waals surface area contributed by atoms with Gasteiger partial charge in [0.2, 0.25) is 0 Å². The molecule has 7 heteroatoms. The van der Waals surface area contributed by atoms with Crippen molar-refractivity contribution in [2.24, 2.45) is 5.41 Å². The van der Waals surface area contributed by atoms with E-state index in [1.807, 2.05) is 0 Å². The van der Waals surface area contributed by atoms with Crippen molar-refractivity contribution in [3.05, 3.63) is 35.6 Å². The van der Waals surface area contributed by atoms with Crippen molar-refractivity contribution in [2.75, 3.05) is 0 Å². The van der Waals surface area contributed by atoms with Crippen LogP contribution in [-0.4, -0.2) is 33.7 Å². The van der Waals surface area contributed by atoms with Gasteiger partial charge >= 0.3 is 11.9 Å². The molecule has 6 nitrogen and oxygen atoms in total. The molecule has 23 heavy (non-hydrogen) atoms. The molecule has 0 saturated heterocycles. The van der Waals surface area contributed by atoms with E-state index in [-0.39, 0.29) is 31.2 Å². The van der Waals surface area contributed by atoms with Gasteiger partial charge in [0.15, 0.2) is 17.0 Å². The van der Waals surface area contributed by atoms with Crippen LogP contribution in [0.1, 0.15) is 43.0 Å². The van der Waals surface area contributed by atoms with Crippen molar-refractivity contribution in [3.63, 3.8) is 0 Å². The predicted molar refractivity (Wildman–Crippen MR) is 77.6 cm³/mol. The first-order valence-corrected chi connectivity index (χ1v) is 6.98. The largest absolute Gasteiger partial charge is 0.481 e. The third-order valence-electron chi connectivity index (χ3n) is 3.63. The minimum absolute atomic E-state index is 0.0687. The Labute approximate surface area is 131 Å². The highest BCUT2D eigenvalue weighted by molar-refractivity contribution is 6.26. The van der Waals surface area contributed by atoms with Crippen molar-refractivity contribution in [1.82, 2.24) is 0 Å². The normalized spacial score (nSPS) is 13.1. The average Bonchev–Trinajstić information content (AvgIpc) is 2.45. The summed E-state index contributed by atoms with van der Waals surface area (Å²) in [6.07, 6.45) is -0.324. The lowest BCUT2D eigenvalue weighted by molar-refractivity contribution is -0.151. The summed E-state index contributed by atoms with van der Waals surface area (Å²) >= 11 is 0. The standard InChI is InChI=1S/C16H17FO6/c1-10(18)16(15(22)23,8-3-2-7-13(19)20)14(21)11-5-4-6-12(17)9-11/h4-6,9H,2-3,7-8H2,1H3,(H,19,20)(H,22,23). The van der Waals surface area contributed by atoms with Crippen LogP contribution in [0.3, 0.4) is 0 Å². The summed E-state index contributed by atoms with van der Waals surface area (Å²) in [6.45, 7) is 0.989. The zero-order chi connectivity index (χ0) is 17.6. The Morgan fingerprint density at radius 3 is 2.26 bits per heavy atom. The molecular weight excluding hydrogens is 307 g/mol. The smallest absolute Gasteiger partial charge is 0.325 e. The number of carboxylic acid groups (broad SMARTS) is 2. The van der Waals surface area contributed by atoms with E-state index >= 15 is 0 Å². The van der Waals surface area contributed by atoms with Crippen LogP contribution in [0.2, 0.25) is 0 Å². The van der Waals surface area contributed by atoms with Crippen molar-refractivity contribution in [1.29, 1.82) is 0 Å². The molecule has 0 aliphatic carbocycles. The van der Waals surface area contributed by atoms with Gasteiger partial charge in [0.05, 0.1) is 0 Å². The maximum atomic E-state index is 13.3. The zero-order valence-electron chi connectivity index (χ0n) is 12.5. The number of Topliss-reactive ketones (excluding diaryl/α,β-unsaturated/α-hetero) is 2. The fourth-order valence-corrected chi connectivity index (χ4v) is 2.35. The summed E-state index contributed by atoms with van der Waals surface area (Å²) in [4.78, 5) is 46.6. The molecule has 1 atom stereocenters. The molecule has 0 aliphatic rings. The Hall–Kier alpha value is -2.57. The number of carbonyl (C=O) groups excluding carboxylic acids is 2. The zero-order valence-corrected chi connectivity index (χ0v) is 12.5. The van der Waals surface area contributed by atoms with Gasteiger partial charge in [0.1, 0.15) is 5.82 Å². The Kier molecular flexibility index (Phi) is 6.12. The number of hydrogen-bond donors (Lipinski definition) is 2. The van der Waals surface area contributed by atoms with Crippen molar-refractivity contribution < 1.29 is 33.8 Å². The van der Waals surface area contributed by atoms with Gasteiger partial charge in [0.25, 0.3) is 0 Å². The number of unbranched alkanes of at least 4 members (excludes halogenated alkanes) is 1. The lowest BCUT2D eigenvalue weighted by atomic mass is 9.73. The van der Waals surface area contributed by atoms with Crippen LogP contribution < -0.4 is 0 Å². The second-order valence-electron chi connectivity index (χ2n) is 5.21. The molecule has 2 N–H and O–H groups in total. The first-order chi connectivity index (χ1) is 10.7. The van der Waals surface area contributed by atoms with Gasteiger partial charge in [0, 0.05) is 12.0 Å². The highest BCUT2D eigenvalue weighted by Gasteiger charge is 2.50. The summed E-state index contributed by atoms with van der Waals surface area (Å²) in [6, 6.07) is 4.46. The molecule has 0 aromatic heterocycles. The molecule has 0 fully saturated rings. The van der Waals surface area contributed by atoms with E-state index in [0.29, 0.717) is 0 Å². The first-order valence-electron chi connectivity index (χ1n) is 6.98. The third kappa shape index (κ3) is 4.21. The fraction of sp³-hybridized carbons (Fsp3) is 0.375. The van der Waals surface area contributed by atoms with Gasteiger partial charge < -0.3 is 10.2 Å². The van der Waals surface area contributed by atoms with Crippen LogP contribution in [0.5, 0.6) is 0 Å². The molecule has 124 valence electrons. The van der Waals surface area contributed by atoms with E-state index in [9.17, 15) is 28.7 Å². The monoisotopic (exact) mass is 324 g/mol. The van der Waals surface area contributed by atoms with Crippen LogP contribution in [0.25, 0.3) is 0 Å². The molecule has 1 rings (SSSR count). The molecular formula is C16H17FO6. The molecule has 0 radical (unpaired) electrons. The van der Waals surface area contributed by atoms with Crippen LogP contribution in [0.4, 0.5) is 4.39 Å². The van der Waals surface area contributed by atoms with Gasteiger partial charge in [-0.2, -0.15) is 0 Å². The van der Waals surface area contributed by atoms with Crippen molar-refractivity contribution in [2.45, 2.75) is 32.6 Å². The summed E-state index contributed by atoms with van der Waals surface area (Å²) in [5, 5.41) is 18.0. The van der Waals surface area contributed by atoms with E-state index in [2.05, 4.69) is 0 Å². The van der Waals surface area contributed by atoms with Gasteiger partial charge in [-0.25, -0.2) is 4.39 Å². The number of aliphatic carboxylic acids is 2. The quantitative estimate of drug-likeness (QED) is 0.410.